The van der Waals surface area contributed by atoms with Crippen LogP contribution in [-0.2, 0) is 11.2 Å². The number of amides is 1. The number of rotatable bonds is 8. The average Bonchev–Trinajstić information content (AvgIpc) is 2.40. The molecule has 1 aromatic carbocycles. The van der Waals surface area contributed by atoms with Crippen LogP contribution in [0.2, 0.25) is 0 Å². The molecule has 1 aromatic rings. The van der Waals surface area contributed by atoms with Crippen LogP contribution < -0.4 is 5.32 Å². The molecule has 106 valence electrons. The second-order valence-electron chi connectivity index (χ2n) is 4.62. The molecule has 0 aliphatic carbocycles. The minimum absolute atomic E-state index is 0.0175. The smallest absolute Gasteiger partial charge is 0.234 e. The molecule has 1 rings (SSSR count). The number of carbonyl (C=O) groups excluding carboxylic acids is 1. The first-order chi connectivity index (χ1) is 9.17. The third-order valence-corrected chi connectivity index (χ3v) is 3.21. The maximum Gasteiger partial charge on any atom is 0.234 e. The van der Waals surface area contributed by atoms with Crippen molar-refractivity contribution < 1.29 is 9.90 Å². The number of benzene rings is 1. The molecule has 0 aliphatic heterocycles. The van der Waals surface area contributed by atoms with Crippen LogP contribution in [0, 0.1) is 6.92 Å². The van der Waals surface area contributed by atoms with E-state index >= 15 is 0 Å². The van der Waals surface area contributed by atoms with Crippen LogP contribution in [0.3, 0.4) is 0 Å². The number of likely N-dealkylation sites (N-methyl/N-ethyl adjacent to an activating group) is 1. The van der Waals surface area contributed by atoms with E-state index in [4.69, 9.17) is 5.11 Å². The molecule has 1 amide bonds. The summed E-state index contributed by atoms with van der Waals surface area (Å²) in [6.07, 6.45) is 0.852. The lowest BCUT2D eigenvalue weighted by Crippen LogP contribution is -2.39. The standard InChI is InChI=1S/C15H24N2O2/c1-3-17(10-11-18)12-15(19)16-9-8-14-7-5-4-6-13(14)2/h4-7,18H,3,8-12H2,1-2H3,(H,16,19). The Hall–Kier alpha value is -1.39. The topological polar surface area (TPSA) is 52.6 Å². The fraction of sp³-hybridized carbons (Fsp3) is 0.533. The van der Waals surface area contributed by atoms with E-state index in [2.05, 4.69) is 24.4 Å². The maximum atomic E-state index is 11.7. The molecule has 19 heavy (non-hydrogen) atoms. The number of nitrogens with zero attached hydrogens (tertiary/aromatic N) is 1. The molecule has 4 nitrogen and oxygen atoms in total. The molecule has 0 fully saturated rings. The molecule has 0 radical (unpaired) electrons. The zero-order valence-electron chi connectivity index (χ0n) is 11.9. The fourth-order valence-electron chi connectivity index (χ4n) is 1.98. The van der Waals surface area contributed by atoms with Gasteiger partial charge in [-0.3, -0.25) is 9.69 Å². The highest BCUT2D eigenvalue weighted by atomic mass is 16.3. The van der Waals surface area contributed by atoms with E-state index in [1.54, 1.807) is 0 Å². The highest BCUT2D eigenvalue weighted by molar-refractivity contribution is 5.78. The number of hydrogen-bond donors (Lipinski definition) is 2. The van der Waals surface area contributed by atoms with Crippen LogP contribution in [0.15, 0.2) is 24.3 Å². The maximum absolute atomic E-state index is 11.7. The summed E-state index contributed by atoms with van der Waals surface area (Å²) in [5, 5.41) is 11.8. The molecule has 0 spiro atoms. The molecule has 0 saturated heterocycles. The molecule has 0 unspecified atom stereocenters. The Kier molecular flexibility index (Phi) is 7.15. The van der Waals surface area contributed by atoms with E-state index < -0.39 is 0 Å². The van der Waals surface area contributed by atoms with Gasteiger partial charge in [-0.2, -0.15) is 0 Å². The number of nitrogens with one attached hydrogen (secondary N) is 1. The Morgan fingerprint density at radius 1 is 1.37 bits per heavy atom. The molecule has 0 heterocycles. The van der Waals surface area contributed by atoms with Crippen molar-refractivity contribution in [3.05, 3.63) is 35.4 Å². The average molecular weight is 264 g/mol. The van der Waals surface area contributed by atoms with Gasteiger partial charge in [0.15, 0.2) is 0 Å². The third-order valence-electron chi connectivity index (χ3n) is 3.21. The Balaban J connectivity index is 2.29. The monoisotopic (exact) mass is 264 g/mol. The first-order valence-electron chi connectivity index (χ1n) is 6.81. The van der Waals surface area contributed by atoms with E-state index in [-0.39, 0.29) is 12.5 Å². The Bertz CT molecular complexity index is 393. The van der Waals surface area contributed by atoms with Gasteiger partial charge in [-0.15, -0.1) is 0 Å². The van der Waals surface area contributed by atoms with Crippen LogP contribution in [0.4, 0.5) is 0 Å². The summed E-state index contributed by atoms with van der Waals surface area (Å²) in [5.74, 6) is 0.0175. The van der Waals surface area contributed by atoms with Gasteiger partial charge in [0.1, 0.15) is 0 Å². The van der Waals surface area contributed by atoms with Crippen molar-refractivity contribution in [3.63, 3.8) is 0 Å². The highest BCUT2D eigenvalue weighted by Crippen LogP contribution is 2.06. The normalized spacial score (nSPS) is 10.7. The predicted molar refractivity (Wildman–Crippen MR) is 77.1 cm³/mol. The van der Waals surface area contributed by atoms with Crippen molar-refractivity contribution in [1.29, 1.82) is 0 Å². The van der Waals surface area contributed by atoms with Gasteiger partial charge < -0.3 is 10.4 Å². The lowest BCUT2D eigenvalue weighted by Gasteiger charge is -2.18. The molecule has 0 atom stereocenters. The summed E-state index contributed by atoms with van der Waals surface area (Å²) in [6.45, 7) is 6.47. The van der Waals surface area contributed by atoms with E-state index in [0.29, 0.717) is 19.6 Å². The second kappa shape index (κ2) is 8.67. The summed E-state index contributed by atoms with van der Waals surface area (Å²) in [6, 6.07) is 8.21. The van der Waals surface area contributed by atoms with Gasteiger partial charge in [-0.1, -0.05) is 31.2 Å². The van der Waals surface area contributed by atoms with Crippen LogP contribution in [-0.4, -0.2) is 48.7 Å². The van der Waals surface area contributed by atoms with Crippen molar-refractivity contribution in [3.8, 4) is 0 Å². The number of aliphatic hydroxyl groups is 1. The number of carbonyl (C=O) groups is 1. The molecular weight excluding hydrogens is 240 g/mol. The van der Waals surface area contributed by atoms with Gasteiger partial charge in [-0.05, 0) is 31.0 Å². The quantitative estimate of drug-likeness (QED) is 0.735. The summed E-state index contributed by atoms with van der Waals surface area (Å²) in [4.78, 5) is 13.6. The molecule has 0 aromatic heterocycles. The van der Waals surface area contributed by atoms with Crippen molar-refractivity contribution in [2.45, 2.75) is 20.3 Å². The molecule has 0 saturated carbocycles. The van der Waals surface area contributed by atoms with Gasteiger partial charge in [0.2, 0.25) is 5.91 Å². The number of aryl methyl sites for hydroxylation is 1. The first-order valence-corrected chi connectivity index (χ1v) is 6.81. The first kappa shape index (κ1) is 15.7. The van der Waals surface area contributed by atoms with Crippen LogP contribution in [0.1, 0.15) is 18.1 Å². The largest absolute Gasteiger partial charge is 0.395 e. The fourth-order valence-corrected chi connectivity index (χ4v) is 1.98. The number of aliphatic hydroxyl groups excluding tert-OH is 1. The van der Waals surface area contributed by atoms with Gasteiger partial charge in [0.25, 0.3) is 0 Å². The zero-order valence-corrected chi connectivity index (χ0v) is 11.9. The van der Waals surface area contributed by atoms with E-state index in [1.807, 2.05) is 24.0 Å². The van der Waals surface area contributed by atoms with Gasteiger partial charge in [0.05, 0.1) is 13.2 Å². The van der Waals surface area contributed by atoms with Crippen molar-refractivity contribution in [2.75, 3.05) is 32.8 Å². The SMILES string of the molecule is CCN(CCO)CC(=O)NCCc1ccccc1C. The summed E-state index contributed by atoms with van der Waals surface area (Å²) < 4.78 is 0. The highest BCUT2D eigenvalue weighted by Gasteiger charge is 2.07. The predicted octanol–water partition coefficient (Wildman–Crippen LogP) is 0.968. The summed E-state index contributed by atoms with van der Waals surface area (Å²) >= 11 is 0. The molecule has 4 heteroatoms. The minimum Gasteiger partial charge on any atom is -0.395 e. The molecule has 0 bridgehead atoms. The Labute approximate surface area is 115 Å². The number of hydrogen-bond acceptors (Lipinski definition) is 3. The van der Waals surface area contributed by atoms with E-state index in [9.17, 15) is 4.79 Å². The molecule has 0 aliphatic rings. The van der Waals surface area contributed by atoms with Crippen molar-refractivity contribution in [1.82, 2.24) is 10.2 Å². The second-order valence-corrected chi connectivity index (χ2v) is 4.62. The zero-order chi connectivity index (χ0) is 14.1. The van der Waals surface area contributed by atoms with Gasteiger partial charge >= 0.3 is 0 Å². The van der Waals surface area contributed by atoms with Gasteiger partial charge in [0, 0.05) is 13.1 Å². The van der Waals surface area contributed by atoms with E-state index in [1.165, 1.54) is 11.1 Å². The minimum atomic E-state index is 0.0175. The lowest BCUT2D eigenvalue weighted by molar-refractivity contribution is -0.122. The molecule has 2 N–H and O–H groups in total. The van der Waals surface area contributed by atoms with Crippen molar-refractivity contribution in [2.24, 2.45) is 0 Å². The molecular formula is C15H24N2O2. The lowest BCUT2D eigenvalue weighted by atomic mass is 10.1. The Morgan fingerprint density at radius 2 is 2.11 bits per heavy atom. The summed E-state index contributed by atoms with van der Waals surface area (Å²) in [5.41, 5.74) is 2.53. The third kappa shape index (κ3) is 5.85. The van der Waals surface area contributed by atoms with Gasteiger partial charge in [-0.25, -0.2) is 0 Å². The van der Waals surface area contributed by atoms with Crippen molar-refractivity contribution >= 4 is 5.91 Å². The van der Waals surface area contributed by atoms with Crippen LogP contribution >= 0.6 is 0 Å². The van der Waals surface area contributed by atoms with Crippen LogP contribution in [0.5, 0.6) is 0 Å². The Morgan fingerprint density at radius 3 is 2.74 bits per heavy atom. The summed E-state index contributed by atoms with van der Waals surface area (Å²) in [7, 11) is 0. The van der Waals surface area contributed by atoms with E-state index in [0.717, 1.165) is 13.0 Å². The van der Waals surface area contributed by atoms with Crippen LogP contribution in [0.25, 0.3) is 0 Å².